The third-order valence-corrected chi connectivity index (χ3v) is 3.33. The van der Waals surface area contributed by atoms with Crippen molar-refractivity contribution in [1.29, 1.82) is 0 Å². The molecule has 1 saturated heterocycles. The number of β-amino-alcohol motifs (C(OH)–C–C–N with tert-alkyl or cyclic N) is 1. The lowest BCUT2D eigenvalue weighted by Crippen LogP contribution is -2.58. The van der Waals surface area contributed by atoms with Gasteiger partial charge in [-0.15, -0.1) is 0 Å². The Kier molecular flexibility index (Phi) is 5.52. The molecule has 0 aromatic carbocycles. The summed E-state index contributed by atoms with van der Waals surface area (Å²) in [6, 6.07) is -0.591. The summed E-state index contributed by atoms with van der Waals surface area (Å²) in [4.78, 5) is 13.5. The summed E-state index contributed by atoms with van der Waals surface area (Å²) in [5.41, 5.74) is 5.82. The smallest absolute Gasteiger partial charge is 0.239 e. The van der Waals surface area contributed by atoms with Gasteiger partial charge in [0, 0.05) is 19.0 Å². The van der Waals surface area contributed by atoms with E-state index in [1.165, 1.54) is 4.90 Å². The third-order valence-electron chi connectivity index (χ3n) is 3.33. The number of nitrogens with two attached hydrogens (primary N) is 1. The zero-order valence-corrected chi connectivity index (χ0v) is 11.0. The van der Waals surface area contributed by atoms with Gasteiger partial charge in [0.2, 0.25) is 5.91 Å². The Morgan fingerprint density at radius 3 is 2.50 bits per heavy atom. The third kappa shape index (κ3) is 3.65. The molecule has 0 saturated carbocycles. The number of nitrogens with zero attached hydrogens (tertiary/aromatic N) is 1. The highest BCUT2D eigenvalue weighted by Crippen LogP contribution is 2.19. The first-order chi connectivity index (χ1) is 8.36. The molecule has 0 spiro atoms. The molecule has 1 fully saturated rings. The molecule has 0 aromatic heterocycles. The lowest BCUT2D eigenvalue weighted by Gasteiger charge is -2.39. The molecule has 0 aromatic rings. The quantitative estimate of drug-likeness (QED) is 0.494. The van der Waals surface area contributed by atoms with Crippen LogP contribution >= 0.6 is 0 Å². The molecule has 1 amide bonds. The number of hydrogen-bond donors (Lipinski definition) is 4. The molecular formula is C12H24N2O4. The second kappa shape index (κ2) is 6.47. The number of aliphatic hydroxyl groups is 3. The Morgan fingerprint density at radius 1 is 1.39 bits per heavy atom. The van der Waals surface area contributed by atoms with Crippen molar-refractivity contribution in [2.75, 3.05) is 19.7 Å². The largest absolute Gasteiger partial charge is 0.396 e. The van der Waals surface area contributed by atoms with Crippen molar-refractivity contribution in [3.63, 3.8) is 0 Å². The van der Waals surface area contributed by atoms with E-state index < -0.39 is 24.2 Å². The number of aliphatic hydroxyl groups excluding tert-OH is 3. The van der Waals surface area contributed by atoms with Gasteiger partial charge < -0.3 is 26.0 Å². The summed E-state index contributed by atoms with van der Waals surface area (Å²) in [6.45, 7) is 4.01. The lowest BCUT2D eigenvalue weighted by atomic mass is 9.92. The zero-order valence-electron chi connectivity index (χ0n) is 11.0. The Morgan fingerprint density at radius 2 is 2.00 bits per heavy atom. The number of piperidine rings is 1. The van der Waals surface area contributed by atoms with Gasteiger partial charge in [0.15, 0.2) is 0 Å². The van der Waals surface area contributed by atoms with Gasteiger partial charge in [-0.1, -0.05) is 13.8 Å². The summed E-state index contributed by atoms with van der Waals surface area (Å²) >= 11 is 0. The molecule has 1 rings (SSSR count). The molecule has 5 N–H and O–H groups in total. The number of carbonyl (C=O) groups is 1. The maximum atomic E-state index is 12.1. The van der Waals surface area contributed by atoms with Crippen LogP contribution in [0.5, 0.6) is 0 Å². The molecule has 1 aliphatic rings. The molecule has 18 heavy (non-hydrogen) atoms. The Hall–Kier alpha value is -0.690. The van der Waals surface area contributed by atoms with Crippen LogP contribution in [0.25, 0.3) is 0 Å². The van der Waals surface area contributed by atoms with Crippen LogP contribution < -0.4 is 5.73 Å². The number of rotatable bonds is 4. The van der Waals surface area contributed by atoms with Crippen LogP contribution in [0.4, 0.5) is 0 Å². The van der Waals surface area contributed by atoms with Gasteiger partial charge in [-0.3, -0.25) is 4.79 Å². The molecule has 4 atom stereocenters. The summed E-state index contributed by atoms with van der Waals surface area (Å²) in [7, 11) is 0. The standard InChI is InChI=1S/C12H24N2O4/c1-7(2)3-9(13)12(18)14-4-8(6-15)11(17)10(16)5-14/h7-11,15-17H,3-6,13H2,1-2H3/t8-,9?,10-,11-/m1/s1. The minimum Gasteiger partial charge on any atom is -0.396 e. The van der Waals surface area contributed by atoms with Gasteiger partial charge in [0.25, 0.3) is 0 Å². The van der Waals surface area contributed by atoms with Crippen LogP contribution in [0.2, 0.25) is 0 Å². The fourth-order valence-corrected chi connectivity index (χ4v) is 2.30. The molecule has 0 aliphatic carbocycles. The summed E-state index contributed by atoms with van der Waals surface area (Å²) in [5.74, 6) is -0.421. The van der Waals surface area contributed by atoms with Crippen molar-refractivity contribution in [1.82, 2.24) is 4.90 Å². The first-order valence-electron chi connectivity index (χ1n) is 6.38. The van der Waals surface area contributed by atoms with E-state index in [1.54, 1.807) is 0 Å². The monoisotopic (exact) mass is 260 g/mol. The molecule has 0 bridgehead atoms. The number of amides is 1. The average molecular weight is 260 g/mol. The number of likely N-dealkylation sites (tertiary alicyclic amines) is 1. The highest BCUT2D eigenvalue weighted by Gasteiger charge is 2.37. The van der Waals surface area contributed by atoms with E-state index in [2.05, 4.69) is 0 Å². The van der Waals surface area contributed by atoms with Crippen LogP contribution in [0, 0.1) is 11.8 Å². The van der Waals surface area contributed by atoms with Crippen molar-refractivity contribution in [3.05, 3.63) is 0 Å². The van der Waals surface area contributed by atoms with Crippen LogP contribution in [-0.2, 0) is 4.79 Å². The average Bonchev–Trinajstić information content (AvgIpc) is 2.30. The normalized spacial score (nSPS) is 30.6. The van der Waals surface area contributed by atoms with Crippen molar-refractivity contribution in [2.45, 2.75) is 38.5 Å². The molecule has 1 heterocycles. The molecule has 6 heteroatoms. The summed E-state index contributed by atoms with van der Waals surface area (Å²) < 4.78 is 0. The molecule has 1 unspecified atom stereocenters. The molecule has 1 aliphatic heterocycles. The van der Waals surface area contributed by atoms with Crippen LogP contribution in [0.15, 0.2) is 0 Å². The zero-order chi connectivity index (χ0) is 13.9. The topological polar surface area (TPSA) is 107 Å². The van der Waals surface area contributed by atoms with E-state index in [0.29, 0.717) is 12.3 Å². The summed E-state index contributed by atoms with van der Waals surface area (Å²) in [5, 5.41) is 28.4. The van der Waals surface area contributed by atoms with E-state index in [9.17, 15) is 15.0 Å². The van der Waals surface area contributed by atoms with Crippen LogP contribution in [0.1, 0.15) is 20.3 Å². The SMILES string of the molecule is CC(C)CC(N)C(=O)N1C[C@H](CO)[C@@H](O)[C@H](O)C1. The van der Waals surface area contributed by atoms with Crippen molar-refractivity contribution >= 4 is 5.91 Å². The molecule has 0 radical (unpaired) electrons. The van der Waals surface area contributed by atoms with Crippen molar-refractivity contribution in [3.8, 4) is 0 Å². The molecular weight excluding hydrogens is 236 g/mol. The minimum absolute atomic E-state index is 0.0717. The van der Waals surface area contributed by atoms with Crippen LogP contribution in [-0.4, -0.2) is 64.1 Å². The van der Waals surface area contributed by atoms with Gasteiger partial charge >= 0.3 is 0 Å². The van der Waals surface area contributed by atoms with E-state index in [4.69, 9.17) is 10.8 Å². The second-order valence-corrected chi connectivity index (χ2v) is 5.48. The molecule has 6 nitrogen and oxygen atoms in total. The first kappa shape index (κ1) is 15.4. The van der Waals surface area contributed by atoms with E-state index in [0.717, 1.165) is 0 Å². The Bertz CT molecular complexity index is 285. The number of carbonyl (C=O) groups excluding carboxylic acids is 1. The van der Waals surface area contributed by atoms with Gasteiger partial charge in [0.05, 0.1) is 24.9 Å². The fourth-order valence-electron chi connectivity index (χ4n) is 2.30. The van der Waals surface area contributed by atoms with Gasteiger partial charge in [-0.05, 0) is 12.3 Å². The van der Waals surface area contributed by atoms with Gasteiger partial charge in [-0.2, -0.15) is 0 Å². The molecule has 106 valence electrons. The van der Waals surface area contributed by atoms with Crippen molar-refractivity contribution < 1.29 is 20.1 Å². The van der Waals surface area contributed by atoms with E-state index >= 15 is 0 Å². The highest BCUT2D eigenvalue weighted by atomic mass is 16.3. The first-order valence-corrected chi connectivity index (χ1v) is 6.38. The fraction of sp³-hybridized carbons (Fsp3) is 0.917. The predicted molar refractivity (Wildman–Crippen MR) is 66.6 cm³/mol. The van der Waals surface area contributed by atoms with Crippen LogP contribution in [0.3, 0.4) is 0 Å². The Balaban J connectivity index is 2.63. The lowest BCUT2D eigenvalue weighted by molar-refractivity contribution is -0.145. The maximum Gasteiger partial charge on any atom is 0.239 e. The van der Waals surface area contributed by atoms with Gasteiger partial charge in [0.1, 0.15) is 0 Å². The maximum absolute atomic E-state index is 12.1. The van der Waals surface area contributed by atoms with E-state index in [1.807, 2.05) is 13.8 Å². The Labute approximate surface area is 107 Å². The predicted octanol–water partition coefficient (Wildman–Crippen LogP) is -1.47. The highest BCUT2D eigenvalue weighted by molar-refractivity contribution is 5.81. The minimum atomic E-state index is -1.02. The van der Waals surface area contributed by atoms with E-state index in [-0.39, 0.29) is 25.6 Å². The van der Waals surface area contributed by atoms with Gasteiger partial charge in [-0.25, -0.2) is 0 Å². The summed E-state index contributed by atoms with van der Waals surface area (Å²) in [6.07, 6.45) is -1.43. The second-order valence-electron chi connectivity index (χ2n) is 5.48. The number of hydrogen-bond acceptors (Lipinski definition) is 5. The van der Waals surface area contributed by atoms with Crippen molar-refractivity contribution in [2.24, 2.45) is 17.6 Å².